The molecule has 0 bridgehead atoms. The summed E-state index contributed by atoms with van der Waals surface area (Å²) >= 11 is 5.88. The lowest BCUT2D eigenvalue weighted by Gasteiger charge is -2.25. The van der Waals surface area contributed by atoms with Gasteiger partial charge in [0.05, 0.1) is 5.69 Å². The number of aryl methyl sites for hydroxylation is 1. The predicted octanol–water partition coefficient (Wildman–Crippen LogP) is 4.41. The highest BCUT2D eigenvalue weighted by atomic mass is 35.5. The molecule has 0 amide bonds. The van der Waals surface area contributed by atoms with Crippen LogP contribution >= 0.6 is 11.6 Å². The molecule has 5 nitrogen and oxygen atoms in total. The van der Waals surface area contributed by atoms with Crippen LogP contribution in [0.25, 0.3) is 11.3 Å². The molecular formula is C20H16ClN5. The summed E-state index contributed by atoms with van der Waals surface area (Å²) < 4.78 is 0. The van der Waals surface area contributed by atoms with Crippen LogP contribution in [0.2, 0.25) is 5.15 Å². The molecule has 0 fully saturated rings. The standard InChI is InChI=1S/C20H16ClN5/c1-14-3-6-16(7-4-14)26-20(10-2-11-24-20)19-22-12-9-17(25-19)15-5-8-18(21)23-13-15/h2-13,26H,1H3. The molecule has 3 heterocycles. The predicted molar refractivity (Wildman–Crippen MR) is 104 cm³/mol. The zero-order valence-electron chi connectivity index (χ0n) is 14.1. The number of aliphatic imine (C=N–C) groups is 1. The summed E-state index contributed by atoms with van der Waals surface area (Å²) in [7, 11) is 0. The lowest BCUT2D eigenvalue weighted by molar-refractivity contribution is 0.613. The molecule has 1 atom stereocenters. The van der Waals surface area contributed by atoms with Crippen molar-refractivity contribution in [1.29, 1.82) is 0 Å². The number of benzene rings is 1. The zero-order valence-corrected chi connectivity index (χ0v) is 14.9. The largest absolute Gasteiger partial charge is 0.352 e. The third-order valence-electron chi connectivity index (χ3n) is 4.11. The Morgan fingerprint density at radius 2 is 1.85 bits per heavy atom. The van der Waals surface area contributed by atoms with Gasteiger partial charge in [0.1, 0.15) is 5.15 Å². The normalized spacial score (nSPS) is 18.2. The first-order valence-electron chi connectivity index (χ1n) is 8.18. The monoisotopic (exact) mass is 361 g/mol. The van der Waals surface area contributed by atoms with E-state index in [1.54, 1.807) is 24.7 Å². The Balaban J connectivity index is 1.72. The smallest absolute Gasteiger partial charge is 0.209 e. The summed E-state index contributed by atoms with van der Waals surface area (Å²) in [6.07, 6.45) is 9.02. The maximum Gasteiger partial charge on any atom is 0.209 e. The second kappa shape index (κ2) is 6.69. The Labute approximate surface area is 156 Å². The van der Waals surface area contributed by atoms with E-state index in [4.69, 9.17) is 16.6 Å². The molecule has 1 aromatic carbocycles. The fraction of sp³-hybridized carbons (Fsp3) is 0.100. The maximum absolute atomic E-state index is 5.88. The van der Waals surface area contributed by atoms with Crippen molar-refractivity contribution in [2.75, 3.05) is 5.32 Å². The zero-order chi connectivity index (χ0) is 18.0. The second-order valence-electron chi connectivity index (χ2n) is 6.03. The molecule has 0 saturated heterocycles. The van der Waals surface area contributed by atoms with E-state index in [0.717, 1.165) is 16.9 Å². The fourth-order valence-corrected chi connectivity index (χ4v) is 2.85. The molecular weight excluding hydrogens is 346 g/mol. The van der Waals surface area contributed by atoms with Gasteiger partial charge in [-0.05, 0) is 49.4 Å². The molecule has 0 saturated carbocycles. The van der Waals surface area contributed by atoms with Crippen LogP contribution in [0.15, 0.2) is 72.0 Å². The molecule has 0 radical (unpaired) electrons. The SMILES string of the molecule is Cc1ccc(NC2(c3nccc(-c4ccc(Cl)nc4)n3)C=CC=N2)cc1. The molecule has 0 aliphatic carbocycles. The summed E-state index contributed by atoms with van der Waals surface area (Å²) in [6, 6.07) is 13.6. The average Bonchev–Trinajstić information content (AvgIpc) is 3.14. The number of nitrogens with zero attached hydrogens (tertiary/aromatic N) is 4. The van der Waals surface area contributed by atoms with Gasteiger partial charge in [-0.25, -0.2) is 15.0 Å². The van der Waals surface area contributed by atoms with Crippen molar-refractivity contribution in [1.82, 2.24) is 15.0 Å². The topological polar surface area (TPSA) is 63.1 Å². The van der Waals surface area contributed by atoms with E-state index in [-0.39, 0.29) is 0 Å². The van der Waals surface area contributed by atoms with Crippen molar-refractivity contribution < 1.29 is 0 Å². The van der Waals surface area contributed by atoms with E-state index in [0.29, 0.717) is 11.0 Å². The van der Waals surface area contributed by atoms with E-state index in [2.05, 4.69) is 39.3 Å². The molecule has 1 N–H and O–H groups in total. The number of anilines is 1. The van der Waals surface area contributed by atoms with Crippen molar-refractivity contribution >= 4 is 23.5 Å². The van der Waals surface area contributed by atoms with E-state index in [1.807, 2.05) is 36.4 Å². The third kappa shape index (κ3) is 3.21. The Hall–Kier alpha value is -3.05. The highest BCUT2D eigenvalue weighted by molar-refractivity contribution is 6.29. The van der Waals surface area contributed by atoms with Gasteiger partial charge in [0.15, 0.2) is 5.82 Å². The lowest BCUT2D eigenvalue weighted by Crippen LogP contribution is -2.32. The Kier molecular flexibility index (Phi) is 4.22. The van der Waals surface area contributed by atoms with Gasteiger partial charge < -0.3 is 5.32 Å². The molecule has 6 heteroatoms. The molecule has 2 aromatic heterocycles. The number of pyridine rings is 1. The first-order valence-corrected chi connectivity index (χ1v) is 8.56. The van der Waals surface area contributed by atoms with E-state index in [9.17, 15) is 0 Å². The van der Waals surface area contributed by atoms with Crippen LogP contribution in [0.4, 0.5) is 5.69 Å². The second-order valence-corrected chi connectivity index (χ2v) is 6.42. The number of rotatable bonds is 4. The summed E-state index contributed by atoms with van der Waals surface area (Å²) in [4.78, 5) is 17.9. The minimum atomic E-state index is -0.828. The molecule has 1 aliphatic heterocycles. The van der Waals surface area contributed by atoms with Crippen LogP contribution in [0.3, 0.4) is 0 Å². The van der Waals surface area contributed by atoms with Crippen molar-refractivity contribution in [2.24, 2.45) is 4.99 Å². The first-order chi connectivity index (χ1) is 12.6. The summed E-state index contributed by atoms with van der Waals surface area (Å²) in [6.45, 7) is 2.06. The highest BCUT2D eigenvalue weighted by Gasteiger charge is 2.33. The molecule has 0 spiro atoms. The van der Waals surface area contributed by atoms with Gasteiger partial charge in [-0.1, -0.05) is 29.3 Å². The van der Waals surface area contributed by atoms with Gasteiger partial charge in [0, 0.05) is 29.9 Å². The number of allylic oxidation sites excluding steroid dienone is 1. The Morgan fingerprint density at radius 3 is 2.54 bits per heavy atom. The highest BCUT2D eigenvalue weighted by Crippen LogP contribution is 2.30. The van der Waals surface area contributed by atoms with E-state index in [1.165, 1.54) is 5.56 Å². The van der Waals surface area contributed by atoms with E-state index < -0.39 is 5.66 Å². The van der Waals surface area contributed by atoms with Gasteiger partial charge in [-0.2, -0.15) is 0 Å². The quantitative estimate of drug-likeness (QED) is 0.699. The lowest BCUT2D eigenvalue weighted by atomic mass is 10.1. The molecule has 4 rings (SSSR count). The van der Waals surface area contributed by atoms with Crippen LogP contribution in [-0.2, 0) is 5.66 Å². The van der Waals surface area contributed by atoms with Crippen molar-refractivity contribution in [3.8, 4) is 11.3 Å². The molecule has 26 heavy (non-hydrogen) atoms. The first kappa shape index (κ1) is 16.4. The van der Waals surface area contributed by atoms with Gasteiger partial charge in [0.2, 0.25) is 5.66 Å². The molecule has 1 unspecified atom stereocenters. The van der Waals surface area contributed by atoms with Gasteiger partial charge in [-0.15, -0.1) is 0 Å². The number of nitrogens with one attached hydrogen (secondary N) is 1. The average molecular weight is 362 g/mol. The fourth-order valence-electron chi connectivity index (χ4n) is 2.74. The Morgan fingerprint density at radius 1 is 1.00 bits per heavy atom. The van der Waals surface area contributed by atoms with Crippen LogP contribution in [0.5, 0.6) is 0 Å². The van der Waals surface area contributed by atoms with Gasteiger partial charge in [-0.3, -0.25) is 4.99 Å². The Bertz CT molecular complexity index is 966. The molecule has 3 aromatic rings. The van der Waals surface area contributed by atoms with Crippen LogP contribution < -0.4 is 5.32 Å². The van der Waals surface area contributed by atoms with E-state index >= 15 is 0 Å². The number of hydrogen-bond acceptors (Lipinski definition) is 5. The number of hydrogen-bond donors (Lipinski definition) is 1. The molecule has 1 aliphatic rings. The number of halogens is 1. The van der Waals surface area contributed by atoms with Crippen LogP contribution in [0.1, 0.15) is 11.4 Å². The van der Waals surface area contributed by atoms with Crippen LogP contribution in [0, 0.1) is 6.92 Å². The third-order valence-corrected chi connectivity index (χ3v) is 4.33. The minimum Gasteiger partial charge on any atom is -0.352 e. The summed E-state index contributed by atoms with van der Waals surface area (Å²) in [5, 5.41) is 3.89. The molecule has 128 valence electrons. The van der Waals surface area contributed by atoms with Gasteiger partial charge in [0.25, 0.3) is 0 Å². The van der Waals surface area contributed by atoms with Crippen molar-refractivity contribution in [2.45, 2.75) is 12.6 Å². The van der Waals surface area contributed by atoms with Crippen molar-refractivity contribution in [3.05, 3.63) is 83.6 Å². The van der Waals surface area contributed by atoms with Gasteiger partial charge >= 0.3 is 0 Å². The maximum atomic E-state index is 5.88. The van der Waals surface area contributed by atoms with Crippen molar-refractivity contribution in [3.63, 3.8) is 0 Å². The van der Waals surface area contributed by atoms with Crippen LogP contribution in [-0.4, -0.2) is 21.2 Å². The summed E-state index contributed by atoms with van der Waals surface area (Å²) in [5.74, 6) is 0.565. The summed E-state index contributed by atoms with van der Waals surface area (Å²) in [5.41, 5.74) is 2.95. The number of aromatic nitrogens is 3. The minimum absolute atomic E-state index is 0.448.